The summed E-state index contributed by atoms with van der Waals surface area (Å²) in [5.74, 6) is -0.802. The van der Waals surface area contributed by atoms with Crippen molar-refractivity contribution in [3.05, 3.63) is 24.0 Å². The normalized spacial score (nSPS) is 11.0. The summed E-state index contributed by atoms with van der Waals surface area (Å²) in [6.07, 6.45) is 0. The Balaban J connectivity index is 3.02. The van der Waals surface area contributed by atoms with Crippen molar-refractivity contribution < 1.29 is 17.6 Å². The van der Waals surface area contributed by atoms with Crippen molar-refractivity contribution in [2.75, 3.05) is 11.9 Å². The number of carbonyl (C=O) groups is 1. The van der Waals surface area contributed by atoms with E-state index in [-0.39, 0.29) is 5.69 Å². The highest BCUT2D eigenvalue weighted by molar-refractivity contribution is 7.89. The minimum absolute atomic E-state index is 0.0139. The molecule has 0 spiro atoms. The van der Waals surface area contributed by atoms with Gasteiger partial charge in [0.05, 0.1) is 4.90 Å². The van der Waals surface area contributed by atoms with Crippen LogP contribution >= 0.6 is 0 Å². The first-order valence-corrected chi connectivity index (χ1v) is 6.26. The summed E-state index contributed by atoms with van der Waals surface area (Å²) in [5, 5.41) is 9.57. The van der Waals surface area contributed by atoms with Crippen LogP contribution in [0, 0.1) is 5.82 Å². The minimum atomic E-state index is -4.01. The quantitative estimate of drug-likeness (QED) is 0.743. The third-order valence-corrected chi connectivity index (χ3v) is 2.69. The van der Waals surface area contributed by atoms with Crippen LogP contribution in [-0.2, 0) is 10.0 Å². The Labute approximate surface area is 98.1 Å². The molecule has 0 aliphatic carbocycles. The zero-order valence-electron chi connectivity index (χ0n) is 9.03. The van der Waals surface area contributed by atoms with E-state index in [1.54, 1.807) is 6.92 Å². The highest BCUT2D eigenvalue weighted by Crippen LogP contribution is 2.16. The van der Waals surface area contributed by atoms with E-state index >= 15 is 0 Å². The Bertz CT molecular complexity index is 530. The van der Waals surface area contributed by atoms with Gasteiger partial charge in [-0.05, 0) is 25.1 Å². The Kier molecular flexibility index (Phi) is 4.02. The molecule has 1 aromatic carbocycles. The number of primary sulfonamides is 1. The van der Waals surface area contributed by atoms with Crippen LogP contribution in [-0.4, -0.2) is 21.0 Å². The van der Waals surface area contributed by atoms with E-state index in [9.17, 15) is 17.6 Å². The van der Waals surface area contributed by atoms with Crippen molar-refractivity contribution in [2.45, 2.75) is 11.8 Å². The van der Waals surface area contributed by atoms with E-state index < -0.39 is 26.8 Å². The lowest BCUT2D eigenvalue weighted by Crippen LogP contribution is -2.28. The lowest BCUT2D eigenvalue weighted by Gasteiger charge is -2.07. The molecular formula is C9H12FN3O3S. The smallest absolute Gasteiger partial charge is 0.319 e. The second-order valence-electron chi connectivity index (χ2n) is 3.21. The molecule has 0 saturated heterocycles. The fraction of sp³-hybridized carbons (Fsp3) is 0.222. The second-order valence-corrected chi connectivity index (χ2v) is 4.77. The molecular weight excluding hydrogens is 249 g/mol. The van der Waals surface area contributed by atoms with Gasteiger partial charge in [-0.15, -0.1) is 0 Å². The summed E-state index contributed by atoms with van der Waals surface area (Å²) < 4.78 is 35.2. The van der Waals surface area contributed by atoms with Gasteiger partial charge in [0.1, 0.15) is 5.82 Å². The summed E-state index contributed by atoms with van der Waals surface area (Å²) >= 11 is 0. The number of rotatable bonds is 3. The number of anilines is 1. The lowest BCUT2D eigenvalue weighted by atomic mass is 10.3. The summed E-state index contributed by atoms with van der Waals surface area (Å²) in [6.45, 7) is 2.10. The second kappa shape index (κ2) is 5.11. The third-order valence-electron chi connectivity index (χ3n) is 1.80. The molecule has 0 radical (unpaired) electrons. The fourth-order valence-electron chi connectivity index (χ4n) is 1.13. The number of carbonyl (C=O) groups excluding carboxylic acids is 1. The Hall–Kier alpha value is -1.67. The number of nitrogens with one attached hydrogen (secondary N) is 2. The molecule has 0 unspecified atom stereocenters. The fourth-order valence-corrected chi connectivity index (χ4v) is 1.70. The molecule has 0 aliphatic rings. The van der Waals surface area contributed by atoms with Crippen molar-refractivity contribution >= 4 is 21.7 Å². The van der Waals surface area contributed by atoms with Crippen LogP contribution in [0.1, 0.15) is 6.92 Å². The summed E-state index contributed by atoms with van der Waals surface area (Å²) in [4.78, 5) is 10.8. The van der Waals surface area contributed by atoms with E-state index in [1.165, 1.54) is 0 Å². The maximum atomic E-state index is 13.1. The van der Waals surface area contributed by atoms with Crippen LogP contribution in [0.25, 0.3) is 0 Å². The van der Waals surface area contributed by atoms with E-state index in [0.29, 0.717) is 6.54 Å². The molecule has 8 heteroatoms. The van der Waals surface area contributed by atoms with Crippen LogP contribution in [0.5, 0.6) is 0 Å². The van der Waals surface area contributed by atoms with Gasteiger partial charge >= 0.3 is 6.03 Å². The van der Waals surface area contributed by atoms with Crippen molar-refractivity contribution in [1.82, 2.24) is 5.32 Å². The molecule has 1 aromatic rings. The summed E-state index contributed by atoms with van der Waals surface area (Å²) in [6, 6.07) is 2.29. The van der Waals surface area contributed by atoms with Crippen LogP contribution in [0.4, 0.5) is 14.9 Å². The van der Waals surface area contributed by atoms with Gasteiger partial charge in [0.2, 0.25) is 10.0 Å². The minimum Gasteiger partial charge on any atom is -0.338 e. The SMILES string of the molecule is CCNC(=O)Nc1cc(F)cc(S(N)(=O)=O)c1. The molecule has 0 atom stereocenters. The molecule has 17 heavy (non-hydrogen) atoms. The average molecular weight is 261 g/mol. The van der Waals surface area contributed by atoms with E-state index in [0.717, 1.165) is 18.2 Å². The zero-order chi connectivity index (χ0) is 13.1. The number of hydrogen-bond acceptors (Lipinski definition) is 3. The predicted octanol–water partition coefficient (Wildman–Crippen LogP) is 0.615. The molecule has 0 saturated carbocycles. The number of nitrogens with two attached hydrogens (primary N) is 1. The number of hydrogen-bond donors (Lipinski definition) is 3. The summed E-state index contributed by atoms with van der Waals surface area (Å²) in [5.41, 5.74) is 0.0139. The molecule has 4 N–H and O–H groups in total. The molecule has 0 aromatic heterocycles. The van der Waals surface area contributed by atoms with Gasteiger partial charge in [0.25, 0.3) is 0 Å². The van der Waals surface area contributed by atoms with Crippen molar-refractivity contribution in [3.8, 4) is 0 Å². The molecule has 6 nitrogen and oxygen atoms in total. The molecule has 0 heterocycles. The monoisotopic (exact) mass is 261 g/mol. The number of benzene rings is 1. The van der Waals surface area contributed by atoms with Crippen molar-refractivity contribution in [3.63, 3.8) is 0 Å². The third kappa shape index (κ3) is 4.00. The maximum Gasteiger partial charge on any atom is 0.319 e. The topological polar surface area (TPSA) is 101 Å². The first-order valence-electron chi connectivity index (χ1n) is 4.71. The Morgan fingerprint density at radius 1 is 1.41 bits per heavy atom. The van der Waals surface area contributed by atoms with E-state index in [1.807, 2.05) is 0 Å². The highest BCUT2D eigenvalue weighted by Gasteiger charge is 2.12. The molecule has 1 rings (SSSR count). The number of sulfonamides is 1. The Morgan fingerprint density at radius 2 is 2.06 bits per heavy atom. The predicted molar refractivity (Wildman–Crippen MR) is 60.5 cm³/mol. The largest absolute Gasteiger partial charge is 0.338 e. The van der Waals surface area contributed by atoms with Crippen molar-refractivity contribution in [2.24, 2.45) is 5.14 Å². The number of amides is 2. The molecule has 0 fully saturated rings. The van der Waals surface area contributed by atoms with Gasteiger partial charge in [-0.25, -0.2) is 22.7 Å². The lowest BCUT2D eigenvalue weighted by molar-refractivity contribution is 0.252. The first kappa shape index (κ1) is 13.4. The zero-order valence-corrected chi connectivity index (χ0v) is 9.84. The van der Waals surface area contributed by atoms with Crippen LogP contribution in [0.3, 0.4) is 0 Å². The van der Waals surface area contributed by atoms with Gasteiger partial charge in [0.15, 0.2) is 0 Å². The van der Waals surface area contributed by atoms with E-state index in [2.05, 4.69) is 10.6 Å². The van der Waals surface area contributed by atoms with Gasteiger partial charge in [-0.3, -0.25) is 0 Å². The van der Waals surface area contributed by atoms with E-state index in [4.69, 9.17) is 5.14 Å². The van der Waals surface area contributed by atoms with Gasteiger partial charge < -0.3 is 10.6 Å². The Morgan fingerprint density at radius 3 is 2.59 bits per heavy atom. The standard InChI is InChI=1S/C9H12FN3O3S/c1-2-12-9(14)13-7-3-6(10)4-8(5-7)17(11,15)16/h3-5H,2H2,1H3,(H2,11,15,16)(H2,12,13,14). The number of urea groups is 1. The van der Waals surface area contributed by atoms with Crippen molar-refractivity contribution in [1.29, 1.82) is 0 Å². The van der Waals surface area contributed by atoms with Crippen LogP contribution in [0.2, 0.25) is 0 Å². The molecule has 94 valence electrons. The first-order chi connectivity index (χ1) is 7.82. The molecule has 0 aliphatic heterocycles. The van der Waals surface area contributed by atoms with Crippen LogP contribution in [0.15, 0.2) is 23.1 Å². The summed E-state index contributed by atoms with van der Waals surface area (Å²) in [7, 11) is -4.01. The van der Waals surface area contributed by atoms with Crippen LogP contribution < -0.4 is 15.8 Å². The van der Waals surface area contributed by atoms with Gasteiger partial charge in [-0.2, -0.15) is 0 Å². The average Bonchev–Trinajstić information content (AvgIpc) is 2.15. The highest BCUT2D eigenvalue weighted by atomic mass is 32.2. The molecule has 0 bridgehead atoms. The maximum absolute atomic E-state index is 13.1. The number of halogens is 1. The molecule has 2 amide bonds. The van der Waals surface area contributed by atoms with Gasteiger partial charge in [0, 0.05) is 12.2 Å². The van der Waals surface area contributed by atoms with Gasteiger partial charge in [-0.1, -0.05) is 0 Å².